The molecule has 0 heterocycles. The van der Waals surface area contributed by atoms with E-state index in [1.807, 2.05) is 13.8 Å². The van der Waals surface area contributed by atoms with Crippen molar-refractivity contribution < 1.29 is 8.42 Å². The highest BCUT2D eigenvalue weighted by atomic mass is 35.5. The Bertz CT molecular complexity index is 426. The van der Waals surface area contributed by atoms with Gasteiger partial charge in [0.1, 0.15) is 0 Å². The Labute approximate surface area is 103 Å². The first-order chi connectivity index (χ1) is 6.82. The highest BCUT2D eigenvalue weighted by Crippen LogP contribution is 2.20. The second kappa shape index (κ2) is 5.66. The molecule has 0 bridgehead atoms. The van der Waals surface area contributed by atoms with Crippen molar-refractivity contribution in [3.05, 3.63) is 29.8 Å². The van der Waals surface area contributed by atoms with Gasteiger partial charge in [0.05, 0.1) is 4.90 Å². The fourth-order valence-electron chi connectivity index (χ4n) is 1.32. The van der Waals surface area contributed by atoms with Crippen LogP contribution in [0.4, 0.5) is 0 Å². The van der Waals surface area contributed by atoms with Crippen LogP contribution in [-0.4, -0.2) is 14.7 Å². The number of hydrogen-bond donors (Lipinski definition) is 1. The highest BCUT2D eigenvalue weighted by Gasteiger charge is 2.12. The van der Waals surface area contributed by atoms with Gasteiger partial charge in [-0.3, -0.25) is 0 Å². The van der Waals surface area contributed by atoms with Crippen molar-refractivity contribution >= 4 is 22.2 Å². The minimum atomic E-state index is -3.11. The molecule has 0 saturated heterocycles. The predicted molar refractivity (Wildman–Crippen MR) is 68.6 cm³/mol. The molecule has 0 fully saturated rings. The third kappa shape index (κ3) is 3.77. The molecular formula is C11H18ClNO2S. The van der Waals surface area contributed by atoms with E-state index in [1.165, 1.54) is 6.26 Å². The smallest absolute Gasteiger partial charge is 0.175 e. The van der Waals surface area contributed by atoms with Crippen molar-refractivity contribution in [1.82, 2.24) is 0 Å². The molecule has 0 amide bonds. The van der Waals surface area contributed by atoms with Crippen molar-refractivity contribution in [1.29, 1.82) is 0 Å². The summed E-state index contributed by atoms with van der Waals surface area (Å²) in [6.45, 7) is 4.07. The molecule has 0 aliphatic rings. The monoisotopic (exact) mass is 263 g/mol. The lowest BCUT2D eigenvalue weighted by molar-refractivity contribution is 0.514. The molecule has 0 spiro atoms. The van der Waals surface area contributed by atoms with E-state index in [-0.39, 0.29) is 18.4 Å². The van der Waals surface area contributed by atoms with Gasteiger partial charge >= 0.3 is 0 Å². The first kappa shape index (κ1) is 15.4. The van der Waals surface area contributed by atoms with Crippen molar-refractivity contribution in [2.45, 2.75) is 24.8 Å². The van der Waals surface area contributed by atoms with Crippen LogP contribution in [0.15, 0.2) is 29.2 Å². The molecule has 5 heteroatoms. The minimum absolute atomic E-state index is 0. The Hall–Kier alpha value is -0.580. The molecule has 1 rings (SSSR count). The summed E-state index contributed by atoms with van der Waals surface area (Å²) in [7, 11) is -3.11. The molecule has 0 saturated carbocycles. The summed E-state index contributed by atoms with van der Waals surface area (Å²) in [6.07, 6.45) is 1.20. The van der Waals surface area contributed by atoms with Crippen LogP contribution in [0.2, 0.25) is 0 Å². The van der Waals surface area contributed by atoms with Crippen LogP contribution >= 0.6 is 12.4 Å². The van der Waals surface area contributed by atoms with E-state index in [2.05, 4.69) is 0 Å². The summed E-state index contributed by atoms with van der Waals surface area (Å²) in [5.41, 5.74) is 6.92. The normalized spacial score (nSPS) is 13.3. The lowest BCUT2D eigenvalue weighted by Crippen LogP contribution is -2.16. The van der Waals surface area contributed by atoms with E-state index in [0.29, 0.717) is 10.8 Å². The summed E-state index contributed by atoms with van der Waals surface area (Å²) in [5.74, 6) is 0.342. The van der Waals surface area contributed by atoms with Crippen LogP contribution in [0, 0.1) is 5.92 Å². The van der Waals surface area contributed by atoms with Crippen LogP contribution in [0.1, 0.15) is 25.5 Å². The van der Waals surface area contributed by atoms with Crippen molar-refractivity contribution in [2.24, 2.45) is 11.7 Å². The summed E-state index contributed by atoms with van der Waals surface area (Å²) in [4.78, 5) is 0.335. The Balaban J connectivity index is 0.00000225. The number of nitrogens with two attached hydrogens (primary N) is 1. The average molecular weight is 264 g/mol. The van der Waals surface area contributed by atoms with E-state index < -0.39 is 9.84 Å². The van der Waals surface area contributed by atoms with Crippen LogP contribution in [-0.2, 0) is 9.84 Å². The Kier molecular flexibility index (Phi) is 5.46. The van der Waals surface area contributed by atoms with Gasteiger partial charge in [-0.2, -0.15) is 0 Å². The van der Waals surface area contributed by atoms with Gasteiger partial charge in [-0.05, 0) is 23.6 Å². The number of hydrogen-bond acceptors (Lipinski definition) is 3. The SMILES string of the molecule is CC(C)[C@@H](N)c1ccc(S(C)(=O)=O)cc1.Cl. The molecular weight excluding hydrogens is 246 g/mol. The minimum Gasteiger partial charge on any atom is -0.324 e. The molecule has 0 aliphatic heterocycles. The summed E-state index contributed by atoms with van der Waals surface area (Å²) in [5, 5.41) is 0. The van der Waals surface area contributed by atoms with Crippen LogP contribution in [0.25, 0.3) is 0 Å². The van der Waals surface area contributed by atoms with Gasteiger partial charge in [0.2, 0.25) is 0 Å². The fraction of sp³-hybridized carbons (Fsp3) is 0.455. The molecule has 0 aromatic heterocycles. The van der Waals surface area contributed by atoms with Crippen LogP contribution < -0.4 is 5.73 Å². The molecule has 2 N–H and O–H groups in total. The lowest BCUT2D eigenvalue weighted by Gasteiger charge is -2.15. The first-order valence-electron chi connectivity index (χ1n) is 4.88. The van der Waals surface area contributed by atoms with E-state index in [0.717, 1.165) is 5.56 Å². The van der Waals surface area contributed by atoms with Gasteiger partial charge in [0, 0.05) is 12.3 Å². The predicted octanol–water partition coefficient (Wildman–Crippen LogP) is 2.17. The third-order valence-electron chi connectivity index (χ3n) is 2.41. The second-order valence-corrected chi connectivity index (χ2v) is 6.13. The van der Waals surface area contributed by atoms with Gasteiger partial charge < -0.3 is 5.73 Å². The molecule has 3 nitrogen and oxygen atoms in total. The van der Waals surface area contributed by atoms with Crippen LogP contribution in [0.3, 0.4) is 0 Å². The van der Waals surface area contributed by atoms with Crippen molar-refractivity contribution in [3.8, 4) is 0 Å². The number of halogens is 1. The quantitative estimate of drug-likeness (QED) is 0.909. The molecule has 0 unspecified atom stereocenters. The Morgan fingerprint density at radius 1 is 1.12 bits per heavy atom. The fourth-order valence-corrected chi connectivity index (χ4v) is 1.95. The van der Waals surface area contributed by atoms with Gasteiger partial charge in [-0.25, -0.2) is 8.42 Å². The van der Waals surface area contributed by atoms with Gasteiger partial charge in [-0.1, -0.05) is 26.0 Å². The number of benzene rings is 1. The zero-order valence-corrected chi connectivity index (χ0v) is 11.3. The van der Waals surface area contributed by atoms with E-state index >= 15 is 0 Å². The summed E-state index contributed by atoms with van der Waals surface area (Å²) >= 11 is 0. The molecule has 1 aromatic carbocycles. The zero-order valence-electron chi connectivity index (χ0n) is 9.67. The summed E-state index contributed by atoms with van der Waals surface area (Å²) in [6, 6.07) is 6.72. The first-order valence-corrected chi connectivity index (χ1v) is 6.77. The van der Waals surface area contributed by atoms with Crippen LogP contribution in [0.5, 0.6) is 0 Å². The number of sulfone groups is 1. The molecule has 0 radical (unpaired) electrons. The van der Waals surface area contributed by atoms with E-state index in [4.69, 9.17) is 5.73 Å². The summed E-state index contributed by atoms with van der Waals surface area (Å²) < 4.78 is 22.4. The molecule has 16 heavy (non-hydrogen) atoms. The van der Waals surface area contributed by atoms with Crippen molar-refractivity contribution in [2.75, 3.05) is 6.26 Å². The van der Waals surface area contributed by atoms with Crippen molar-refractivity contribution in [3.63, 3.8) is 0 Å². The Morgan fingerprint density at radius 3 is 1.88 bits per heavy atom. The van der Waals surface area contributed by atoms with Gasteiger partial charge in [-0.15, -0.1) is 12.4 Å². The maximum atomic E-state index is 11.2. The maximum Gasteiger partial charge on any atom is 0.175 e. The maximum absolute atomic E-state index is 11.2. The zero-order chi connectivity index (χ0) is 11.6. The highest BCUT2D eigenvalue weighted by molar-refractivity contribution is 7.90. The lowest BCUT2D eigenvalue weighted by atomic mass is 9.97. The molecule has 0 aliphatic carbocycles. The second-order valence-electron chi connectivity index (χ2n) is 4.11. The van der Waals surface area contributed by atoms with E-state index in [1.54, 1.807) is 24.3 Å². The standard InChI is InChI=1S/C11H17NO2S.ClH/c1-8(2)11(12)9-4-6-10(7-5-9)15(3,13)14;/h4-8,11H,12H2,1-3H3;1H/t11-;/m1./s1. The molecule has 92 valence electrons. The van der Waals surface area contributed by atoms with Gasteiger partial charge in [0.25, 0.3) is 0 Å². The Morgan fingerprint density at radius 2 is 1.56 bits per heavy atom. The van der Waals surface area contributed by atoms with E-state index in [9.17, 15) is 8.42 Å². The molecule has 1 aromatic rings. The van der Waals surface area contributed by atoms with Gasteiger partial charge in [0.15, 0.2) is 9.84 Å². The third-order valence-corrected chi connectivity index (χ3v) is 3.54. The largest absolute Gasteiger partial charge is 0.324 e. The number of rotatable bonds is 3. The average Bonchev–Trinajstić information content (AvgIpc) is 2.15. The topological polar surface area (TPSA) is 60.2 Å². The molecule has 1 atom stereocenters.